The molecule has 108 valence electrons. The van der Waals surface area contributed by atoms with Crippen LogP contribution in [0, 0.1) is 11.6 Å². The number of halogens is 2. The Morgan fingerprint density at radius 1 is 0.947 bits per heavy atom. The second-order valence-corrected chi connectivity index (χ2v) is 5.64. The number of rotatable bonds is 6. The van der Waals surface area contributed by atoms with Crippen molar-refractivity contribution in [2.75, 3.05) is 0 Å². The van der Waals surface area contributed by atoms with Crippen molar-refractivity contribution in [1.29, 1.82) is 0 Å². The third-order valence-electron chi connectivity index (χ3n) is 4.69. The molecule has 0 aliphatic heterocycles. The molecule has 0 aliphatic carbocycles. The topological polar surface area (TPSA) is 0 Å². The van der Waals surface area contributed by atoms with Gasteiger partial charge in [-0.1, -0.05) is 34.6 Å². The van der Waals surface area contributed by atoms with E-state index in [4.69, 9.17) is 0 Å². The summed E-state index contributed by atoms with van der Waals surface area (Å²) < 4.78 is 28.7. The average Bonchev–Trinajstić information content (AvgIpc) is 2.39. The molecule has 0 saturated carbocycles. The maximum absolute atomic E-state index is 14.4. The minimum Gasteiger partial charge on any atom is -0.207 e. The molecule has 0 unspecified atom stereocenters. The van der Waals surface area contributed by atoms with Crippen LogP contribution in [0.25, 0.3) is 0 Å². The Bertz CT molecular complexity index is 392. The lowest BCUT2D eigenvalue weighted by Crippen LogP contribution is -2.23. The molecular weight excluding hydrogens is 242 g/mol. The molecule has 0 nitrogen and oxygen atoms in total. The second-order valence-electron chi connectivity index (χ2n) is 5.64. The monoisotopic (exact) mass is 268 g/mol. The Labute approximate surface area is 116 Å². The molecule has 2 heteroatoms. The van der Waals surface area contributed by atoms with Crippen LogP contribution in [0.1, 0.15) is 77.3 Å². The molecule has 1 aromatic rings. The van der Waals surface area contributed by atoms with E-state index in [1.54, 1.807) is 12.1 Å². The van der Waals surface area contributed by atoms with Gasteiger partial charge in [-0.15, -0.1) is 0 Å². The highest BCUT2D eigenvalue weighted by Gasteiger charge is 2.30. The molecule has 0 N–H and O–H groups in total. The largest absolute Gasteiger partial charge is 0.207 e. The van der Waals surface area contributed by atoms with Gasteiger partial charge in [-0.25, -0.2) is 8.78 Å². The molecule has 0 amide bonds. The van der Waals surface area contributed by atoms with E-state index in [0.29, 0.717) is 0 Å². The van der Waals surface area contributed by atoms with Crippen molar-refractivity contribution in [1.82, 2.24) is 0 Å². The van der Waals surface area contributed by atoms with Crippen molar-refractivity contribution in [2.24, 2.45) is 0 Å². The van der Waals surface area contributed by atoms with E-state index >= 15 is 0 Å². The van der Waals surface area contributed by atoms with Crippen LogP contribution in [0.3, 0.4) is 0 Å². The van der Waals surface area contributed by atoms with Crippen molar-refractivity contribution in [3.63, 3.8) is 0 Å². The molecule has 0 saturated heterocycles. The van der Waals surface area contributed by atoms with Crippen molar-refractivity contribution in [2.45, 2.75) is 71.6 Å². The van der Waals surface area contributed by atoms with Gasteiger partial charge in [0.15, 0.2) is 0 Å². The molecule has 0 atom stereocenters. The van der Waals surface area contributed by atoms with Crippen LogP contribution < -0.4 is 0 Å². The lowest BCUT2D eigenvalue weighted by atomic mass is 9.76. The SMILES string of the molecule is CCC(CC)c1cc(F)c(C(C)(CC)CC)c(F)c1. The van der Waals surface area contributed by atoms with Crippen molar-refractivity contribution >= 4 is 0 Å². The van der Waals surface area contributed by atoms with Gasteiger partial charge in [-0.2, -0.15) is 0 Å². The molecule has 0 bridgehead atoms. The maximum Gasteiger partial charge on any atom is 0.130 e. The Kier molecular flexibility index (Phi) is 5.51. The van der Waals surface area contributed by atoms with Gasteiger partial charge in [-0.3, -0.25) is 0 Å². The molecule has 0 spiro atoms. The maximum atomic E-state index is 14.4. The van der Waals surface area contributed by atoms with Crippen molar-refractivity contribution in [3.8, 4) is 0 Å². The highest BCUT2D eigenvalue weighted by atomic mass is 19.1. The summed E-state index contributed by atoms with van der Waals surface area (Å²) >= 11 is 0. The van der Waals surface area contributed by atoms with Crippen LogP contribution in [-0.4, -0.2) is 0 Å². The van der Waals surface area contributed by atoms with Gasteiger partial charge >= 0.3 is 0 Å². The lowest BCUT2D eigenvalue weighted by Gasteiger charge is -2.29. The van der Waals surface area contributed by atoms with Crippen LogP contribution in [-0.2, 0) is 5.41 Å². The van der Waals surface area contributed by atoms with Gasteiger partial charge in [0.25, 0.3) is 0 Å². The Hall–Kier alpha value is -0.920. The zero-order chi connectivity index (χ0) is 14.6. The fourth-order valence-corrected chi connectivity index (χ4v) is 2.77. The highest BCUT2D eigenvalue weighted by molar-refractivity contribution is 5.33. The highest BCUT2D eigenvalue weighted by Crippen LogP contribution is 2.36. The third-order valence-corrected chi connectivity index (χ3v) is 4.69. The minimum absolute atomic E-state index is 0.243. The van der Waals surface area contributed by atoms with Gasteiger partial charge in [0, 0.05) is 5.56 Å². The third kappa shape index (κ3) is 3.16. The first kappa shape index (κ1) is 16.1. The minimum atomic E-state index is -0.416. The smallest absolute Gasteiger partial charge is 0.130 e. The van der Waals surface area contributed by atoms with E-state index in [9.17, 15) is 8.78 Å². The quantitative estimate of drug-likeness (QED) is 0.598. The second kappa shape index (κ2) is 6.49. The summed E-state index contributed by atoms with van der Waals surface area (Å²) in [7, 11) is 0. The Morgan fingerprint density at radius 3 is 1.68 bits per heavy atom. The van der Waals surface area contributed by atoms with Gasteiger partial charge in [-0.05, 0) is 54.7 Å². The molecule has 0 aliphatic rings. The van der Waals surface area contributed by atoms with Gasteiger partial charge in [0.1, 0.15) is 11.6 Å². The zero-order valence-electron chi connectivity index (χ0n) is 12.8. The van der Waals surface area contributed by atoms with Crippen LogP contribution in [0.5, 0.6) is 0 Å². The summed E-state index contributed by atoms with van der Waals surface area (Å²) in [4.78, 5) is 0. The van der Waals surface area contributed by atoms with Crippen LogP contribution >= 0.6 is 0 Å². The molecule has 0 fully saturated rings. The van der Waals surface area contributed by atoms with Crippen LogP contribution in [0.4, 0.5) is 8.78 Å². The summed E-state index contributed by atoms with van der Waals surface area (Å²) in [5.41, 5.74) is 0.631. The first-order chi connectivity index (χ1) is 8.93. The predicted molar refractivity (Wildman–Crippen MR) is 77.6 cm³/mol. The fraction of sp³-hybridized carbons (Fsp3) is 0.647. The first-order valence-corrected chi connectivity index (χ1v) is 7.42. The number of hydrogen-bond donors (Lipinski definition) is 0. The molecule has 0 radical (unpaired) electrons. The molecular formula is C17H26F2. The first-order valence-electron chi connectivity index (χ1n) is 7.42. The normalized spacial score (nSPS) is 12.2. The number of benzene rings is 1. The van der Waals surface area contributed by atoms with Crippen LogP contribution in [0.2, 0.25) is 0 Å². The summed E-state index contributed by atoms with van der Waals surface area (Å²) in [5.74, 6) is -0.520. The predicted octanol–water partition coefficient (Wildman–Crippen LogP) is 5.95. The molecule has 0 aromatic heterocycles. The molecule has 1 aromatic carbocycles. The lowest BCUT2D eigenvalue weighted by molar-refractivity contribution is 0.389. The van der Waals surface area contributed by atoms with E-state index in [-0.39, 0.29) is 23.1 Å². The van der Waals surface area contributed by atoms with Crippen molar-refractivity contribution in [3.05, 3.63) is 34.9 Å². The summed E-state index contributed by atoms with van der Waals surface area (Å²) in [6, 6.07) is 3.08. The fourth-order valence-electron chi connectivity index (χ4n) is 2.77. The molecule has 19 heavy (non-hydrogen) atoms. The van der Waals surface area contributed by atoms with E-state index in [2.05, 4.69) is 13.8 Å². The van der Waals surface area contributed by atoms with E-state index < -0.39 is 5.41 Å². The summed E-state index contributed by atoms with van der Waals surface area (Å²) in [6.07, 6.45) is 3.30. The van der Waals surface area contributed by atoms with E-state index in [1.807, 2.05) is 20.8 Å². The van der Waals surface area contributed by atoms with E-state index in [0.717, 1.165) is 31.2 Å². The molecule has 1 rings (SSSR count). The summed E-state index contributed by atoms with van der Waals surface area (Å²) in [5, 5.41) is 0. The molecule has 0 heterocycles. The average molecular weight is 268 g/mol. The number of hydrogen-bond acceptors (Lipinski definition) is 0. The van der Waals surface area contributed by atoms with Gasteiger partial charge in [0.05, 0.1) is 0 Å². The standard InChI is InChI=1S/C17H26F2/c1-6-12(7-2)13-10-14(18)16(15(19)11-13)17(5,8-3)9-4/h10-12H,6-9H2,1-5H3. The van der Waals surface area contributed by atoms with Crippen LogP contribution in [0.15, 0.2) is 12.1 Å². The Morgan fingerprint density at radius 2 is 1.37 bits per heavy atom. The van der Waals surface area contributed by atoms with Gasteiger partial charge < -0.3 is 0 Å². The zero-order valence-corrected chi connectivity index (χ0v) is 12.8. The van der Waals surface area contributed by atoms with Gasteiger partial charge in [0.2, 0.25) is 0 Å². The van der Waals surface area contributed by atoms with Crippen molar-refractivity contribution < 1.29 is 8.78 Å². The summed E-state index contributed by atoms with van der Waals surface area (Å²) in [6.45, 7) is 10.0. The Balaban J connectivity index is 3.32. The van der Waals surface area contributed by atoms with E-state index in [1.165, 1.54) is 0 Å².